The van der Waals surface area contributed by atoms with Crippen LogP contribution in [0.2, 0.25) is 0 Å². The third-order valence-electron chi connectivity index (χ3n) is 10.8. The standard InChI is InChI=1S/C29H18F2N3O5P.C21H13F2N3O2.C8H6ClO2P.CH4/c30-22-16-15-21(25(31)26(22)40(35,23-13-7-17-36-23)24-14-8-18-37-24)27-32-28(38-19-9-3-1-4-10-19)34-29(33-27)39-20-11-5-2-6-12-20;22-14-11-12-17(18(23)13-14)19-24-20(27-15-7-3-1-4-8-15)26-21(25-19)28-16-9-5-2-6-10-16;9-12(7-3-1-5-10-7)8-4-2-6-11-8;/h1-18H;1-13H;1-6H;1H4. The summed E-state index contributed by atoms with van der Waals surface area (Å²) in [7, 11) is -5.21. The Morgan fingerprint density at radius 1 is 0.407 bits per heavy atom. The summed E-state index contributed by atoms with van der Waals surface area (Å²) < 4.78 is 117. The Morgan fingerprint density at radius 3 is 1.14 bits per heavy atom. The van der Waals surface area contributed by atoms with E-state index in [4.69, 9.17) is 47.9 Å². The van der Waals surface area contributed by atoms with E-state index in [1.165, 1.54) is 42.9 Å². The average Bonchev–Trinajstić information content (AvgIpc) is 4.36. The lowest BCUT2D eigenvalue weighted by Crippen LogP contribution is -2.28. The molecule has 6 heterocycles. The molecule has 0 N–H and O–H groups in total. The number of rotatable bonds is 15. The lowest BCUT2D eigenvalue weighted by Gasteiger charge is -2.17. The van der Waals surface area contributed by atoms with Gasteiger partial charge in [-0.15, -0.1) is 9.97 Å². The highest BCUT2D eigenvalue weighted by atomic mass is 35.7. The number of halogens is 5. The van der Waals surface area contributed by atoms with E-state index in [9.17, 15) is 13.3 Å². The van der Waals surface area contributed by atoms with Gasteiger partial charge >= 0.3 is 24.0 Å². The maximum Gasteiger partial charge on any atom is 0.328 e. The van der Waals surface area contributed by atoms with E-state index in [1.54, 1.807) is 122 Å². The van der Waals surface area contributed by atoms with E-state index < -0.39 is 43.0 Å². The first-order valence-electron chi connectivity index (χ1n) is 23.7. The van der Waals surface area contributed by atoms with Crippen molar-refractivity contribution in [1.82, 2.24) is 29.9 Å². The van der Waals surface area contributed by atoms with Crippen LogP contribution < -0.4 is 46.3 Å². The van der Waals surface area contributed by atoms with Crippen LogP contribution in [0.4, 0.5) is 17.6 Å². The Bertz CT molecular complexity index is 3770. The first-order chi connectivity index (χ1) is 39.1. The minimum Gasteiger partial charge on any atom is -0.463 e. The summed E-state index contributed by atoms with van der Waals surface area (Å²) >= 11 is 6.09. The quantitative estimate of drug-likeness (QED) is 0.0697. The third-order valence-corrected chi connectivity index (χ3v) is 15.9. The molecule has 81 heavy (non-hydrogen) atoms. The van der Waals surface area contributed by atoms with E-state index in [2.05, 4.69) is 29.9 Å². The number of nitrogens with zero attached hydrogens (tertiary/aromatic N) is 6. The van der Waals surface area contributed by atoms with Gasteiger partial charge in [0.25, 0.3) is 0 Å². The van der Waals surface area contributed by atoms with Crippen molar-refractivity contribution in [3.63, 3.8) is 0 Å². The molecule has 6 aromatic heterocycles. The van der Waals surface area contributed by atoms with E-state index in [1.807, 2.05) is 36.4 Å². The first-order valence-corrected chi connectivity index (χ1v) is 27.6. The van der Waals surface area contributed by atoms with Crippen molar-refractivity contribution >= 4 is 53.0 Å². The normalized spacial score (nSPS) is 10.8. The summed E-state index contributed by atoms with van der Waals surface area (Å²) in [5, 5.41) is -0.744. The van der Waals surface area contributed by atoms with Crippen LogP contribution in [0.5, 0.6) is 47.0 Å². The molecule has 12 aromatic rings. The molecule has 22 heteroatoms. The molecule has 0 saturated carbocycles. The Balaban J connectivity index is 0.000000167. The smallest absolute Gasteiger partial charge is 0.328 e. The van der Waals surface area contributed by atoms with Gasteiger partial charge in [0, 0.05) is 6.07 Å². The van der Waals surface area contributed by atoms with Crippen molar-refractivity contribution in [3.05, 3.63) is 249 Å². The molecule has 406 valence electrons. The van der Waals surface area contributed by atoms with Crippen LogP contribution in [0, 0.1) is 23.3 Å². The summed E-state index contributed by atoms with van der Waals surface area (Å²) in [6.07, 6.45) is 5.74. The fourth-order valence-electron chi connectivity index (χ4n) is 7.25. The van der Waals surface area contributed by atoms with Gasteiger partial charge in [-0.1, -0.05) is 91.5 Å². The third kappa shape index (κ3) is 13.8. The van der Waals surface area contributed by atoms with E-state index >= 15 is 8.78 Å². The molecule has 0 atom stereocenters. The molecular weight excluding hydrogens is 1110 g/mol. The summed E-state index contributed by atoms with van der Waals surface area (Å²) in [5.41, 5.74) is 0.944. The maximum absolute atomic E-state index is 16.3. The Labute approximate surface area is 465 Å². The van der Waals surface area contributed by atoms with Gasteiger partial charge in [0.05, 0.1) is 41.5 Å². The van der Waals surface area contributed by atoms with Crippen molar-refractivity contribution < 1.29 is 58.7 Å². The van der Waals surface area contributed by atoms with Crippen molar-refractivity contribution in [2.45, 2.75) is 7.43 Å². The van der Waals surface area contributed by atoms with Gasteiger partial charge in [-0.25, -0.2) is 17.6 Å². The van der Waals surface area contributed by atoms with Gasteiger partial charge in [0.15, 0.2) is 22.7 Å². The highest BCUT2D eigenvalue weighted by Crippen LogP contribution is 2.46. The lowest BCUT2D eigenvalue weighted by molar-refractivity contribution is 0.397. The monoisotopic (exact) mass is 1150 g/mol. The molecule has 0 aliphatic rings. The number of aromatic nitrogens is 6. The summed E-state index contributed by atoms with van der Waals surface area (Å²) in [5.74, 6) is -2.21. The molecule has 0 unspecified atom stereocenters. The first kappa shape index (κ1) is 56.1. The lowest BCUT2D eigenvalue weighted by atomic mass is 10.2. The van der Waals surface area contributed by atoms with Crippen molar-refractivity contribution in [2.24, 2.45) is 0 Å². The second-order valence-corrected chi connectivity index (χ2v) is 21.2. The average molecular weight is 1150 g/mol. The Morgan fingerprint density at radius 2 is 0.778 bits per heavy atom. The molecule has 6 aromatic carbocycles. The minimum atomic E-state index is -4.25. The molecule has 15 nitrogen and oxygen atoms in total. The largest absolute Gasteiger partial charge is 0.463 e. The van der Waals surface area contributed by atoms with Crippen LogP contribution in [0.15, 0.2) is 243 Å². The summed E-state index contributed by atoms with van der Waals surface area (Å²) in [6, 6.07) is 52.8. The van der Waals surface area contributed by atoms with E-state index in [0.29, 0.717) is 23.0 Å². The Hall–Kier alpha value is -9.67. The summed E-state index contributed by atoms with van der Waals surface area (Å²) in [4.78, 5) is 25.1. The minimum absolute atomic E-state index is 0. The zero-order valence-corrected chi connectivity index (χ0v) is 43.5. The van der Waals surface area contributed by atoms with Crippen molar-refractivity contribution in [1.29, 1.82) is 0 Å². The topological polar surface area (TPSA) is 184 Å². The number of furan rings is 4. The van der Waals surface area contributed by atoms with Crippen LogP contribution in [0.1, 0.15) is 7.43 Å². The van der Waals surface area contributed by atoms with Crippen LogP contribution in [0.25, 0.3) is 22.8 Å². The number of hydrogen-bond acceptors (Lipinski definition) is 15. The van der Waals surface area contributed by atoms with Gasteiger partial charge in [-0.05, 0) is 121 Å². The van der Waals surface area contributed by atoms with Crippen molar-refractivity contribution in [2.75, 3.05) is 0 Å². The molecule has 0 spiro atoms. The molecule has 0 aliphatic heterocycles. The van der Waals surface area contributed by atoms with Crippen LogP contribution in [0.3, 0.4) is 0 Å². The van der Waals surface area contributed by atoms with E-state index in [0.717, 1.165) is 35.3 Å². The molecule has 0 saturated heterocycles. The van der Waals surface area contributed by atoms with Gasteiger partial charge < -0.3 is 41.2 Å². The van der Waals surface area contributed by atoms with E-state index in [-0.39, 0.29) is 65.2 Å². The molecular formula is C59H41ClF4N6O9P2. The highest BCUT2D eigenvalue weighted by molar-refractivity contribution is 7.95. The zero-order chi connectivity index (χ0) is 55.3. The molecule has 0 amide bonds. The second-order valence-electron chi connectivity index (χ2n) is 16.2. The Kier molecular flexibility index (Phi) is 18.2. The van der Waals surface area contributed by atoms with Gasteiger partial charge in [0.1, 0.15) is 64.5 Å². The second kappa shape index (κ2) is 26.3. The van der Waals surface area contributed by atoms with Gasteiger partial charge in [-0.2, -0.15) is 19.9 Å². The maximum atomic E-state index is 16.3. The van der Waals surface area contributed by atoms with Crippen molar-refractivity contribution in [3.8, 4) is 69.8 Å². The van der Waals surface area contributed by atoms with Crippen LogP contribution >= 0.6 is 25.7 Å². The molecule has 0 fully saturated rings. The molecule has 0 radical (unpaired) electrons. The van der Waals surface area contributed by atoms with Crippen LogP contribution in [-0.2, 0) is 4.57 Å². The predicted octanol–water partition coefficient (Wildman–Crippen LogP) is 14.7. The van der Waals surface area contributed by atoms with Crippen LogP contribution in [-0.4, -0.2) is 29.9 Å². The number of ether oxygens (including phenoxy) is 4. The predicted molar refractivity (Wildman–Crippen MR) is 297 cm³/mol. The highest BCUT2D eigenvalue weighted by Gasteiger charge is 2.42. The number of hydrogen-bond donors (Lipinski definition) is 0. The van der Waals surface area contributed by atoms with Gasteiger partial charge in [0.2, 0.25) is 7.14 Å². The van der Waals surface area contributed by atoms with Gasteiger partial charge in [-0.3, -0.25) is 0 Å². The zero-order valence-electron chi connectivity index (χ0n) is 41.0. The number of para-hydroxylation sites is 4. The fraction of sp³-hybridized carbons (Fsp3) is 0.0169. The molecule has 0 bridgehead atoms. The number of benzene rings is 6. The molecule has 12 rings (SSSR count). The molecule has 0 aliphatic carbocycles. The summed E-state index contributed by atoms with van der Waals surface area (Å²) in [6.45, 7) is 0. The SMILES string of the molecule is C.ClP(c1ccco1)c1ccco1.Fc1ccc(-c2nc(Oc3ccccc3)nc(Oc3ccccc3)n2)c(F)c1.O=P(c1ccco1)(c1ccco1)c1c(F)ccc(-c2nc(Oc3ccccc3)nc(Oc3ccccc3)n2)c1F. The fourth-order valence-corrected chi connectivity index (χ4v) is 11.2.